The van der Waals surface area contributed by atoms with Gasteiger partial charge in [0, 0.05) is 31.1 Å². The van der Waals surface area contributed by atoms with Gasteiger partial charge in [-0.05, 0) is 13.3 Å². The van der Waals surface area contributed by atoms with Gasteiger partial charge in [0.1, 0.15) is 0 Å². The molecular formula is C12H22N2O3S. The quantitative estimate of drug-likeness (QED) is 0.829. The summed E-state index contributed by atoms with van der Waals surface area (Å²) in [4.78, 5) is 26.7. The van der Waals surface area contributed by atoms with E-state index in [0.717, 1.165) is 24.5 Å². The van der Waals surface area contributed by atoms with Gasteiger partial charge < -0.3 is 14.9 Å². The van der Waals surface area contributed by atoms with Crippen molar-refractivity contribution in [3.63, 3.8) is 0 Å². The van der Waals surface area contributed by atoms with Crippen molar-refractivity contribution in [1.29, 1.82) is 0 Å². The molecule has 0 aromatic carbocycles. The molecule has 1 unspecified atom stereocenters. The molecule has 1 N–H and O–H groups in total. The van der Waals surface area contributed by atoms with Crippen LogP contribution >= 0.6 is 11.8 Å². The number of hydrogen-bond acceptors (Lipinski definition) is 3. The van der Waals surface area contributed by atoms with Crippen LogP contribution in [0, 0.1) is 0 Å². The highest BCUT2D eigenvalue weighted by molar-refractivity contribution is 7.99. The van der Waals surface area contributed by atoms with Crippen LogP contribution in [0.3, 0.4) is 0 Å². The van der Waals surface area contributed by atoms with Gasteiger partial charge in [-0.2, -0.15) is 11.8 Å². The summed E-state index contributed by atoms with van der Waals surface area (Å²) in [5, 5.41) is 8.90. The van der Waals surface area contributed by atoms with Crippen LogP contribution in [0.5, 0.6) is 0 Å². The molecule has 1 atom stereocenters. The lowest BCUT2D eigenvalue weighted by Gasteiger charge is -2.38. The zero-order chi connectivity index (χ0) is 13.5. The van der Waals surface area contributed by atoms with Gasteiger partial charge in [-0.25, -0.2) is 4.79 Å². The third-order valence-electron chi connectivity index (χ3n) is 3.03. The second-order valence-electron chi connectivity index (χ2n) is 4.38. The predicted molar refractivity (Wildman–Crippen MR) is 73.0 cm³/mol. The van der Waals surface area contributed by atoms with Gasteiger partial charge >= 0.3 is 12.0 Å². The van der Waals surface area contributed by atoms with Crippen LogP contribution in [-0.4, -0.2) is 64.1 Å². The van der Waals surface area contributed by atoms with Crippen molar-refractivity contribution in [2.24, 2.45) is 0 Å². The fraction of sp³-hybridized carbons (Fsp3) is 0.833. The number of amides is 2. The number of thioether (sulfide) groups is 1. The van der Waals surface area contributed by atoms with E-state index in [-0.39, 0.29) is 18.5 Å². The molecule has 0 aromatic rings. The average Bonchev–Trinajstić information content (AvgIpc) is 2.35. The summed E-state index contributed by atoms with van der Waals surface area (Å²) in [7, 11) is 0. The van der Waals surface area contributed by atoms with E-state index in [1.165, 1.54) is 0 Å². The molecule has 0 saturated carbocycles. The highest BCUT2D eigenvalue weighted by Crippen LogP contribution is 2.20. The number of aliphatic carboxylic acids is 1. The first-order valence-corrected chi connectivity index (χ1v) is 7.60. The lowest BCUT2D eigenvalue weighted by molar-refractivity contribution is -0.138. The third kappa shape index (κ3) is 4.08. The summed E-state index contributed by atoms with van der Waals surface area (Å²) in [6, 6.07) is -0.175. The van der Waals surface area contributed by atoms with Gasteiger partial charge in [0.15, 0.2) is 0 Å². The smallest absolute Gasteiger partial charge is 0.320 e. The highest BCUT2D eigenvalue weighted by Gasteiger charge is 2.30. The van der Waals surface area contributed by atoms with Crippen LogP contribution in [0.2, 0.25) is 0 Å². The lowest BCUT2D eigenvalue weighted by atomic mass is 10.2. The Morgan fingerprint density at radius 1 is 1.44 bits per heavy atom. The fourth-order valence-corrected chi connectivity index (χ4v) is 3.18. The fourth-order valence-electron chi connectivity index (χ4n) is 2.12. The molecule has 0 spiro atoms. The second-order valence-corrected chi connectivity index (χ2v) is 5.53. The normalized spacial score (nSPS) is 19.7. The van der Waals surface area contributed by atoms with Crippen molar-refractivity contribution < 1.29 is 14.7 Å². The van der Waals surface area contributed by atoms with Gasteiger partial charge in [0.05, 0.1) is 12.5 Å². The summed E-state index contributed by atoms with van der Waals surface area (Å²) in [6.07, 6.45) is 0.966. The van der Waals surface area contributed by atoms with Gasteiger partial charge in [0.25, 0.3) is 0 Å². The van der Waals surface area contributed by atoms with Crippen LogP contribution in [-0.2, 0) is 4.79 Å². The van der Waals surface area contributed by atoms with E-state index in [4.69, 9.17) is 5.11 Å². The molecule has 5 nitrogen and oxygen atoms in total. The van der Waals surface area contributed by atoms with Crippen LogP contribution in [0.4, 0.5) is 4.79 Å². The average molecular weight is 274 g/mol. The van der Waals surface area contributed by atoms with Gasteiger partial charge in [-0.1, -0.05) is 6.92 Å². The molecule has 1 rings (SSSR count). The van der Waals surface area contributed by atoms with E-state index in [9.17, 15) is 9.59 Å². The maximum absolute atomic E-state index is 12.4. The van der Waals surface area contributed by atoms with Crippen molar-refractivity contribution in [3.05, 3.63) is 0 Å². The van der Waals surface area contributed by atoms with Crippen LogP contribution < -0.4 is 0 Å². The van der Waals surface area contributed by atoms with Crippen molar-refractivity contribution in [1.82, 2.24) is 9.80 Å². The maximum Gasteiger partial charge on any atom is 0.320 e. The van der Waals surface area contributed by atoms with Crippen LogP contribution in [0.15, 0.2) is 0 Å². The number of carbonyl (C=O) groups is 2. The van der Waals surface area contributed by atoms with Gasteiger partial charge in [0.2, 0.25) is 0 Å². The first-order valence-electron chi connectivity index (χ1n) is 6.45. The van der Waals surface area contributed by atoms with Crippen LogP contribution in [0.25, 0.3) is 0 Å². The highest BCUT2D eigenvalue weighted by atomic mass is 32.2. The Morgan fingerprint density at radius 2 is 2.17 bits per heavy atom. The van der Waals surface area contributed by atoms with Crippen molar-refractivity contribution in [3.8, 4) is 0 Å². The molecule has 1 saturated heterocycles. The number of rotatable bonds is 5. The van der Waals surface area contributed by atoms with Crippen molar-refractivity contribution in [2.75, 3.05) is 31.1 Å². The molecule has 0 bridgehead atoms. The van der Waals surface area contributed by atoms with E-state index < -0.39 is 5.97 Å². The van der Waals surface area contributed by atoms with E-state index in [1.807, 2.05) is 13.8 Å². The SMILES string of the molecule is CCCN(CC)C(=O)N1CCSCC1CC(=O)O. The van der Waals surface area contributed by atoms with E-state index in [1.54, 1.807) is 21.6 Å². The zero-order valence-corrected chi connectivity index (χ0v) is 11.9. The Labute approximate surface area is 113 Å². The Balaban J connectivity index is 2.69. The predicted octanol–water partition coefficient (Wildman–Crippen LogP) is 1.73. The molecule has 18 heavy (non-hydrogen) atoms. The van der Waals surface area contributed by atoms with Crippen molar-refractivity contribution >= 4 is 23.8 Å². The van der Waals surface area contributed by atoms with Gasteiger partial charge in [-0.15, -0.1) is 0 Å². The second kappa shape index (κ2) is 7.51. The number of carboxylic acids is 1. The minimum Gasteiger partial charge on any atom is -0.481 e. The molecule has 1 heterocycles. The Morgan fingerprint density at radius 3 is 2.72 bits per heavy atom. The molecule has 0 aliphatic carbocycles. The molecule has 2 amide bonds. The number of carbonyl (C=O) groups excluding carboxylic acids is 1. The topological polar surface area (TPSA) is 60.9 Å². The molecule has 1 fully saturated rings. The largest absolute Gasteiger partial charge is 0.481 e. The molecule has 104 valence electrons. The molecular weight excluding hydrogens is 252 g/mol. The summed E-state index contributed by atoms with van der Waals surface area (Å²) in [5.74, 6) is 0.784. The first kappa shape index (κ1) is 15.1. The summed E-state index contributed by atoms with van der Waals surface area (Å²) in [6.45, 7) is 6.06. The first-order chi connectivity index (χ1) is 8.60. The van der Waals surface area contributed by atoms with Gasteiger partial charge in [-0.3, -0.25) is 4.79 Å². The molecule has 1 aliphatic heterocycles. The lowest BCUT2D eigenvalue weighted by Crippen LogP contribution is -2.52. The van der Waals surface area contributed by atoms with E-state index in [0.29, 0.717) is 13.1 Å². The number of hydrogen-bond donors (Lipinski definition) is 1. The van der Waals surface area contributed by atoms with E-state index in [2.05, 4.69) is 0 Å². The summed E-state index contributed by atoms with van der Waals surface area (Å²) < 4.78 is 0. The number of nitrogens with zero attached hydrogens (tertiary/aromatic N) is 2. The molecule has 1 aliphatic rings. The molecule has 0 radical (unpaired) electrons. The maximum atomic E-state index is 12.4. The zero-order valence-electron chi connectivity index (χ0n) is 11.1. The van der Waals surface area contributed by atoms with Crippen LogP contribution in [0.1, 0.15) is 26.7 Å². The Kier molecular flexibility index (Phi) is 6.32. The number of urea groups is 1. The molecule has 6 heteroatoms. The summed E-state index contributed by atoms with van der Waals surface area (Å²) >= 11 is 1.72. The third-order valence-corrected chi connectivity index (χ3v) is 4.12. The standard InChI is InChI=1S/C12H22N2O3S/c1-3-5-13(4-2)12(17)14-6-7-18-9-10(14)8-11(15)16/h10H,3-9H2,1-2H3,(H,15,16). The monoisotopic (exact) mass is 274 g/mol. The minimum atomic E-state index is -0.834. The van der Waals surface area contributed by atoms with E-state index >= 15 is 0 Å². The summed E-state index contributed by atoms with van der Waals surface area (Å²) in [5.41, 5.74) is 0. The minimum absolute atomic E-state index is 0.00843. The Hall–Kier alpha value is -0.910. The number of carboxylic acid groups (broad SMARTS) is 1. The Bertz CT molecular complexity index is 299. The molecule has 0 aromatic heterocycles. The van der Waals surface area contributed by atoms with Crippen molar-refractivity contribution in [2.45, 2.75) is 32.7 Å².